The van der Waals surface area contributed by atoms with Gasteiger partial charge in [-0.3, -0.25) is 23.4 Å². The fourth-order valence-corrected chi connectivity index (χ4v) is 8.13. The Labute approximate surface area is 359 Å². The Kier molecular flexibility index (Phi) is 15.2. The van der Waals surface area contributed by atoms with Crippen LogP contribution in [0, 0.1) is 10.1 Å². The summed E-state index contributed by atoms with van der Waals surface area (Å²) in [5.74, 6) is -4.04. The number of azo groups is 3. The minimum atomic E-state index is -5.27. The average Bonchev–Trinajstić information content (AvgIpc) is 3.21. The molecule has 0 aromatic heterocycles. The summed E-state index contributed by atoms with van der Waals surface area (Å²) in [6, 6.07) is 9.46. The van der Waals surface area contributed by atoms with E-state index < -0.39 is 125 Å². The maximum Gasteiger partial charge on any atom is 0.296 e. The van der Waals surface area contributed by atoms with Crippen LogP contribution in [-0.4, -0.2) is 82.6 Å². The van der Waals surface area contributed by atoms with Crippen molar-refractivity contribution in [3.63, 3.8) is 0 Å². The van der Waals surface area contributed by atoms with Gasteiger partial charge in [0.15, 0.2) is 39.3 Å². The first kappa shape index (κ1) is 48.0. The van der Waals surface area contributed by atoms with Gasteiger partial charge in [0.05, 0.1) is 61.2 Å². The van der Waals surface area contributed by atoms with E-state index in [4.69, 9.17) is 14.7 Å². The number of benzene rings is 5. The summed E-state index contributed by atoms with van der Waals surface area (Å²) in [5, 5.41) is 99.6. The second kappa shape index (κ2) is 20.0. The molecule has 8 N–H and O–H groups in total. The maximum absolute atomic E-state index is 12.8. The minimum absolute atomic E-state index is 0.0719. The van der Waals surface area contributed by atoms with Crippen LogP contribution in [0.15, 0.2) is 117 Å². The predicted octanol–water partition coefficient (Wildman–Crippen LogP) is 7.51. The summed E-state index contributed by atoms with van der Waals surface area (Å²) in [7, 11) is -14.6. The smallest absolute Gasteiger partial charge is 0.296 e. The molecule has 0 heterocycles. The summed E-state index contributed by atoms with van der Waals surface area (Å²) >= 11 is 0.186. The highest BCUT2D eigenvalue weighted by atomic mass is 32.2. The van der Waals surface area contributed by atoms with Gasteiger partial charge >= 0.3 is 0 Å². The van der Waals surface area contributed by atoms with Gasteiger partial charge in [-0.25, -0.2) is 18.9 Å². The highest BCUT2D eigenvalue weighted by molar-refractivity contribution is 7.94. The molecule has 0 saturated carbocycles. The van der Waals surface area contributed by atoms with Crippen LogP contribution in [0.5, 0.6) is 23.0 Å². The van der Waals surface area contributed by atoms with Gasteiger partial charge in [0.25, 0.3) is 25.9 Å². The number of hydrogen-bond donors (Lipinski definition) is 8. The van der Waals surface area contributed by atoms with Crippen molar-refractivity contribution in [2.75, 3.05) is 12.4 Å². The minimum Gasteiger partial charge on any atom is -0.505 e. The molecule has 0 amide bonds. The Morgan fingerprint density at radius 1 is 0.635 bits per heavy atom. The van der Waals surface area contributed by atoms with Crippen LogP contribution in [0.3, 0.4) is 0 Å². The zero-order valence-corrected chi connectivity index (χ0v) is 34.4. The Hall–Kier alpha value is -6.05. The number of hydrogen-bond acceptors (Lipinski definition) is 27. The SMILES string of the molecule is O=[N+]([O-])c1ccc(N=Nc2c(O)ccc(N=Nc3cc(S(=O)(=O)O)cc4cc(SOOO)c(N=Nc5ccc(S(=O)(=O)CCOSOOO)cc5S(=O)(=O)O)c(O)c34)c2O)c(O)c1. The molecule has 0 aliphatic carbocycles. The van der Waals surface area contributed by atoms with E-state index in [9.17, 15) is 64.9 Å². The molecule has 0 aliphatic heterocycles. The zero-order chi connectivity index (χ0) is 46.3. The van der Waals surface area contributed by atoms with Crippen molar-refractivity contribution in [1.82, 2.24) is 0 Å². The Morgan fingerprint density at radius 3 is 1.92 bits per heavy atom. The lowest BCUT2D eigenvalue weighted by Crippen LogP contribution is -2.12. The van der Waals surface area contributed by atoms with E-state index in [-0.39, 0.29) is 40.3 Å². The number of sulfone groups is 1. The van der Waals surface area contributed by atoms with E-state index in [1.807, 2.05) is 0 Å². The van der Waals surface area contributed by atoms with E-state index >= 15 is 0 Å². The highest BCUT2D eigenvalue weighted by Gasteiger charge is 2.25. The standard InChI is InChI=1S/C30H23N7O21S5/c38-22-6-5-20(29(40)27(22)35-31-18-3-1-15(37(42)43)11-23(18)39)33-34-21-12-17(62(48,49)50)9-14-10-24(59-57-55-44)28(30(41)26(14)21)36-32-19-4-2-16(13-25(19)63(51,52)53)61(46,47)8-7-54-60-58-56-45/h1-6,9-13,38-41,44-45H,7-8H2,(H,48,49,50)(H,51,52,53). The molecule has 0 radical (unpaired) electrons. The molecular formula is C30H23N7O21S5. The summed E-state index contributed by atoms with van der Waals surface area (Å²) < 4.78 is 108. The van der Waals surface area contributed by atoms with Gasteiger partial charge in [-0.15, -0.1) is 39.4 Å². The van der Waals surface area contributed by atoms with Gasteiger partial charge < -0.3 is 20.4 Å². The van der Waals surface area contributed by atoms with Crippen LogP contribution >= 0.6 is 24.4 Å². The van der Waals surface area contributed by atoms with Gasteiger partial charge in [0, 0.05) is 6.07 Å². The van der Waals surface area contributed by atoms with Crippen LogP contribution in [-0.2, 0) is 53.0 Å². The number of nitro benzene ring substituents is 1. The molecule has 0 unspecified atom stereocenters. The number of nitro groups is 1. The van der Waals surface area contributed by atoms with Crippen molar-refractivity contribution in [3.05, 3.63) is 76.8 Å². The molecule has 0 aliphatic rings. The molecule has 0 atom stereocenters. The lowest BCUT2D eigenvalue weighted by Gasteiger charge is -2.12. The van der Waals surface area contributed by atoms with Crippen molar-refractivity contribution < 1.29 is 93.2 Å². The van der Waals surface area contributed by atoms with E-state index in [1.54, 1.807) is 0 Å². The summed E-state index contributed by atoms with van der Waals surface area (Å²) in [6.45, 7) is -0.560. The number of phenolic OH excluding ortho intramolecular Hbond substituents is 4. The monoisotopic (exact) mass is 977 g/mol. The number of nitrogens with zero attached hydrogens (tertiary/aromatic N) is 7. The molecule has 28 nitrogen and oxygen atoms in total. The van der Waals surface area contributed by atoms with Gasteiger partial charge in [0.1, 0.15) is 39.1 Å². The molecular weight excluding hydrogens is 955 g/mol. The number of aromatic hydroxyl groups is 4. The summed E-state index contributed by atoms with van der Waals surface area (Å²) in [6.07, 6.45) is 0. The normalized spacial score (nSPS) is 12.6. The van der Waals surface area contributed by atoms with Crippen LogP contribution in [0.2, 0.25) is 0 Å². The molecule has 33 heteroatoms. The quantitative estimate of drug-likeness (QED) is 0.00754. The van der Waals surface area contributed by atoms with Gasteiger partial charge in [-0.05, 0) is 60.0 Å². The topological polar surface area (TPSA) is 428 Å². The molecule has 0 bridgehead atoms. The van der Waals surface area contributed by atoms with Crippen LogP contribution in [0.4, 0.5) is 39.8 Å². The molecule has 5 aromatic rings. The number of phenols is 4. The lowest BCUT2D eigenvalue weighted by atomic mass is 10.1. The molecule has 5 aromatic carbocycles. The maximum atomic E-state index is 12.8. The van der Waals surface area contributed by atoms with Crippen molar-refractivity contribution in [1.29, 1.82) is 0 Å². The van der Waals surface area contributed by atoms with Crippen LogP contribution in [0.1, 0.15) is 0 Å². The second-order valence-corrected chi connectivity index (χ2v) is 17.8. The molecule has 63 heavy (non-hydrogen) atoms. The molecule has 5 rings (SSSR count). The van der Waals surface area contributed by atoms with Crippen LogP contribution in [0.25, 0.3) is 10.8 Å². The molecule has 334 valence electrons. The van der Waals surface area contributed by atoms with E-state index in [0.717, 1.165) is 54.6 Å². The number of rotatable bonds is 19. The first-order valence-corrected chi connectivity index (χ1v) is 21.9. The van der Waals surface area contributed by atoms with Crippen molar-refractivity contribution in [3.8, 4) is 23.0 Å². The third-order valence-corrected chi connectivity index (χ3v) is 12.1. The first-order valence-electron chi connectivity index (χ1n) is 16.0. The number of non-ortho nitro benzene ring substituents is 1. The van der Waals surface area contributed by atoms with Crippen molar-refractivity contribution >= 4 is 105 Å². The molecule has 0 spiro atoms. The van der Waals surface area contributed by atoms with E-state index in [0.29, 0.717) is 12.1 Å². The molecule has 0 fully saturated rings. The van der Waals surface area contributed by atoms with E-state index in [1.165, 1.54) is 0 Å². The lowest BCUT2D eigenvalue weighted by molar-refractivity contribution is -0.434. The third kappa shape index (κ3) is 11.7. The third-order valence-electron chi connectivity index (χ3n) is 7.72. The first-order chi connectivity index (χ1) is 29.7. The largest absolute Gasteiger partial charge is 0.505 e. The van der Waals surface area contributed by atoms with Gasteiger partial charge in [-0.1, -0.05) is 10.1 Å². The highest BCUT2D eigenvalue weighted by Crippen LogP contribution is 2.49. The fourth-order valence-electron chi connectivity index (χ4n) is 4.95. The Balaban J connectivity index is 1.62. The predicted molar refractivity (Wildman–Crippen MR) is 210 cm³/mol. The zero-order valence-electron chi connectivity index (χ0n) is 30.3. The summed E-state index contributed by atoms with van der Waals surface area (Å²) in [5.41, 5.74) is -3.96. The average molecular weight is 978 g/mol. The Morgan fingerprint density at radius 2 is 1.27 bits per heavy atom. The van der Waals surface area contributed by atoms with Crippen LogP contribution < -0.4 is 0 Å². The second-order valence-electron chi connectivity index (χ2n) is 11.6. The van der Waals surface area contributed by atoms with Gasteiger partial charge in [-0.2, -0.15) is 16.8 Å². The summed E-state index contributed by atoms with van der Waals surface area (Å²) in [4.78, 5) is 7.22. The Bertz CT molecular complexity index is 3030. The van der Waals surface area contributed by atoms with E-state index in [2.05, 4.69) is 49.4 Å². The van der Waals surface area contributed by atoms with Crippen molar-refractivity contribution in [2.45, 2.75) is 19.6 Å². The fraction of sp³-hybridized carbons (Fsp3) is 0.0667. The van der Waals surface area contributed by atoms with Gasteiger partial charge in [0.2, 0.25) is 0 Å². The number of fused-ring (bicyclic) bond motifs is 1. The molecule has 0 saturated heterocycles. The van der Waals surface area contributed by atoms with Crippen molar-refractivity contribution in [2.24, 2.45) is 30.7 Å².